The molecule has 0 bridgehead atoms. The summed E-state index contributed by atoms with van der Waals surface area (Å²) in [6.45, 7) is 2.19. The SMILES string of the molecule is CCOP(=O)(Cc1csc(Nc2ncnc3ccc(OC(CF)CF)cc23)n1)OCC. The van der Waals surface area contributed by atoms with Crippen molar-refractivity contribution in [1.29, 1.82) is 0 Å². The summed E-state index contributed by atoms with van der Waals surface area (Å²) in [7, 11) is -3.26. The van der Waals surface area contributed by atoms with Crippen molar-refractivity contribution in [2.45, 2.75) is 26.1 Å². The van der Waals surface area contributed by atoms with Crippen LogP contribution in [0, 0.1) is 0 Å². The Bertz CT molecular complexity index is 1040. The third kappa shape index (κ3) is 6.16. The Morgan fingerprint density at radius 2 is 1.90 bits per heavy atom. The number of thiazole rings is 1. The van der Waals surface area contributed by atoms with Gasteiger partial charge in [0.1, 0.15) is 31.2 Å². The molecule has 8 nitrogen and oxygen atoms in total. The second kappa shape index (κ2) is 10.9. The molecule has 168 valence electrons. The van der Waals surface area contributed by atoms with Crippen LogP contribution in [0.1, 0.15) is 19.5 Å². The number of benzene rings is 1. The molecule has 0 aliphatic heterocycles. The molecule has 12 heteroatoms. The minimum absolute atomic E-state index is 0.0587. The summed E-state index contributed by atoms with van der Waals surface area (Å²) >= 11 is 1.31. The van der Waals surface area contributed by atoms with Crippen LogP contribution in [0.25, 0.3) is 10.9 Å². The quantitative estimate of drug-likeness (QED) is 0.356. The number of hydrogen-bond donors (Lipinski definition) is 1. The van der Waals surface area contributed by atoms with E-state index in [1.807, 2.05) is 0 Å². The van der Waals surface area contributed by atoms with Crippen LogP contribution in [0.4, 0.5) is 19.7 Å². The largest absolute Gasteiger partial charge is 0.485 e. The number of nitrogens with zero attached hydrogens (tertiary/aromatic N) is 3. The van der Waals surface area contributed by atoms with E-state index >= 15 is 0 Å². The van der Waals surface area contributed by atoms with Gasteiger partial charge in [-0.25, -0.2) is 23.7 Å². The van der Waals surface area contributed by atoms with Gasteiger partial charge in [0.25, 0.3) is 0 Å². The Labute approximate surface area is 182 Å². The van der Waals surface area contributed by atoms with E-state index in [2.05, 4.69) is 20.3 Å². The van der Waals surface area contributed by atoms with Gasteiger partial charge < -0.3 is 19.1 Å². The zero-order chi connectivity index (χ0) is 22.3. The third-order valence-electron chi connectivity index (χ3n) is 4.04. The molecule has 1 aromatic carbocycles. The molecule has 3 rings (SSSR count). The van der Waals surface area contributed by atoms with Crippen LogP contribution in [-0.2, 0) is 19.8 Å². The summed E-state index contributed by atoms with van der Waals surface area (Å²) in [5.41, 5.74) is 1.18. The molecule has 31 heavy (non-hydrogen) atoms. The number of ether oxygens (including phenoxy) is 1. The molecule has 0 spiro atoms. The molecule has 2 heterocycles. The van der Waals surface area contributed by atoms with E-state index in [0.717, 1.165) is 0 Å². The van der Waals surface area contributed by atoms with Crippen LogP contribution in [0.5, 0.6) is 5.75 Å². The average Bonchev–Trinajstić information content (AvgIpc) is 3.18. The maximum Gasteiger partial charge on any atom is 0.336 e. The van der Waals surface area contributed by atoms with E-state index in [9.17, 15) is 13.3 Å². The van der Waals surface area contributed by atoms with Crippen molar-refractivity contribution in [3.8, 4) is 5.75 Å². The topological polar surface area (TPSA) is 95.5 Å². The zero-order valence-corrected chi connectivity index (χ0v) is 18.8. The second-order valence-corrected chi connectivity index (χ2v) is 9.24. The van der Waals surface area contributed by atoms with Crippen molar-refractivity contribution in [3.05, 3.63) is 35.6 Å². The van der Waals surface area contributed by atoms with Gasteiger partial charge in [0.15, 0.2) is 11.2 Å². The molecule has 0 aliphatic rings. The van der Waals surface area contributed by atoms with E-state index in [-0.39, 0.29) is 19.4 Å². The fourth-order valence-corrected chi connectivity index (χ4v) is 5.20. The molecule has 0 radical (unpaired) electrons. The highest BCUT2D eigenvalue weighted by Gasteiger charge is 2.25. The predicted molar refractivity (Wildman–Crippen MR) is 116 cm³/mol. The first-order valence-electron chi connectivity index (χ1n) is 9.63. The highest BCUT2D eigenvalue weighted by Crippen LogP contribution is 2.51. The standard InChI is InChI=1S/C19H23F2N4O4PS/c1-3-27-30(26,28-4-2)10-13-11-31-19(24-13)25-18-16-7-14(29-15(8-20)9-21)5-6-17(16)22-12-23-18/h5-7,11-12,15H,3-4,8-10H2,1-2H3,(H,22,23,24,25). The number of alkyl halides is 2. The van der Waals surface area contributed by atoms with Gasteiger partial charge in [-0.2, -0.15) is 0 Å². The lowest BCUT2D eigenvalue weighted by Crippen LogP contribution is -2.21. The molecule has 0 saturated heterocycles. The number of halogens is 2. The predicted octanol–water partition coefficient (Wildman–Crippen LogP) is 5.28. The minimum Gasteiger partial charge on any atom is -0.485 e. The normalized spacial score (nSPS) is 11.9. The summed E-state index contributed by atoms with van der Waals surface area (Å²) in [4.78, 5) is 12.9. The Morgan fingerprint density at radius 3 is 2.58 bits per heavy atom. The average molecular weight is 472 g/mol. The van der Waals surface area contributed by atoms with Gasteiger partial charge in [0.05, 0.1) is 30.6 Å². The molecular formula is C19H23F2N4O4PS. The van der Waals surface area contributed by atoms with Gasteiger partial charge in [0, 0.05) is 10.8 Å². The highest BCUT2D eigenvalue weighted by atomic mass is 32.1. The van der Waals surface area contributed by atoms with Crippen molar-refractivity contribution in [2.24, 2.45) is 0 Å². The highest BCUT2D eigenvalue weighted by molar-refractivity contribution is 7.53. The van der Waals surface area contributed by atoms with Crippen molar-refractivity contribution < 1.29 is 27.1 Å². The van der Waals surface area contributed by atoms with Crippen LogP contribution in [0.3, 0.4) is 0 Å². The molecule has 1 N–H and O–H groups in total. The summed E-state index contributed by atoms with van der Waals surface area (Å²) in [6, 6.07) is 4.89. The van der Waals surface area contributed by atoms with Crippen LogP contribution in [0.2, 0.25) is 0 Å². The van der Waals surface area contributed by atoms with Gasteiger partial charge in [0.2, 0.25) is 0 Å². The van der Waals surface area contributed by atoms with Crippen molar-refractivity contribution in [3.63, 3.8) is 0 Å². The second-order valence-electron chi connectivity index (χ2n) is 6.32. The maximum atomic E-state index is 12.8. The Morgan fingerprint density at radius 1 is 1.16 bits per heavy atom. The third-order valence-corrected chi connectivity index (χ3v) is 6.86. The maximum absolute atomic E-state index is 12.8. The van der Waals surface area contributed by atoms with Gasteiger partial charge >= 0.3 is 7.60 Å². The van der Waals surface area contributed by atoms with E-state index in [1.54, 1.807) is 37.4 Å². The monoisotopic (exact) mass is 472 g/mol. The Hall–Kier alpha value is -2.20. The van der Waals surface area contributed by atoms with Gasteiger partial charge in [-0.05, 0) is 32.0 Å². The van der Waals surface area contributed by atoms with Crippen LogP contribution in [-0.4, -0.2) is 47.6 Å². The molecule has 0 fully saturated rings. The molecule has 3 aromatic rings. The van der Waals surface area contributed by atoms with Gasteiger partial charge in [-0.15, -0.1) is 11.3 Å². The molecule has 0 atom stereocenters. The summed E-state index contributed by atoms with van der Waals surface area (Å²) in [6.07, 6.45) is 0.291. The number of hydrogen-bond acceptors (Lipinski definition) is 9. The lowest BCUT2D eigenvalue weighted by atomic mass is 10.2. The molecule has 0 saturated carbocycles. The smallest absolute Gasteiger partial charge is 0.336 e. The fraction of sp³-hybridized carbons (Fsp3) is 0.421. The first-order valence-corrected chi connectivity index (χ1v) is 12.2. The van der Waals surface area contributed by atoms with Crippen LogP contribution >= 0.6 is 18.9 Å². The van der Waals surface area contributed by atoms with Crippen molar-refractivity contribution in [2.75, 3.05) is 31.9 Å². The summed E-state index contributed by atoms with van der Waals surface area (Å²) in [5, 5.41) is 5.99. The van der Waals surface area contributed by atoms with Gasteiger partial charge in [-0.3, -0.25) is 4.57 Å². The molecule has 0 amide bonds. The summed E-state index contributed by atoms with van der Waals surface area (Å²) < 4.78 is 54.2. The number of anilines is 2. The summed E-state index contributed by atoms with van der Waals surface area (Å²) in [5.74, 6) is 0.756. The number of nitrogens with one attached hydrogen (secondary N) is 1. The lowest BCUT2D eigenvalue weighted by molar-refractivity contribution is 0.134. The van der Waals surface area contributed by atoms with E-state index in [4.69, 9.17) is 13.8 Å². The van der Waals surface area contributed by atoms with Crippen molar-refractivity contribution in [1.82, 2.24) is 15.0 Å². The first kappa shape index (κ1) is 23.5. The molecule has 0 aliphatic carbocycles. The fourth-order valence-electron chi connectivity index (χ4n) is 2.76. The van der Waals surface area contributed by atoms with E-state index in [0.29, 0.717) is 33.3 Å². The van der Waals surface area contributed by atoms with Crippen LogP contribution in [0.15, 0.2) is 29.9 Å². The molecular weight excluding hydrogens is 449 g/mol. The van der Waals surface area contributed by atoms with E-state index < -0.39 is 27.0 Å². The number of fused-ring (bicyclic) bond motifs is 1. The van der Waals surface area contributed by atoms with E-state index in [1.165, 1.54) is 17.7 Å². The zero-order valence-electron chi connectivity index (χ0n) is 17.1. The molecule has 0 unspecified atom stereocenters. The van der Waals surface area contributed by atoms with Gasteiger partial charge in [-0.1, -0.05) is 0 Å². The number of rotatable bonds is 12. The molecule has 2 aromatic heterocycles. The lowest BCUT2D eigenvalue weighted by Gasteiger charge is -2.15. The number of aromatic nitrogens is 3. The van der Waals surface area contributed by atoms with Crippen LogP contribution < -0.4 is 10.1 Å². The minimum atomic E-state index is -3.26. The first-order chi connectivity index (χ1) is 15.0. The van der Waals surface area contributed by atoms with Crippen molar-refractivity contribution >= 4 is 40.8 Å². The Kier molecular flexibility index (Phi) is 8.25. The Balaban J connectivity index is 1.81.